The van der Waals surface area contributed by atoms with Gasteiger partial charge < -0.3 is 41.4 Å². The monoisotopic (exact) mass is 468 g/mol. The summed E-state index contributed by atoms with van der Waals surface area (Å²) in [6.07, 6.45) is -0.977. The van der Waals surface area contributed by atoms with E-state index in [1.807, 2.05) is 4.90 Å². The van der Waals surface area contributed by atoms with Crippen molar-refractivity contribution in [1.29, 1.82) is 0 Å². The lowest BCUT2D eigenvalue weighted by Gasteiger charge is -2.38. The van der Waals surface area contributed by atoms with E-state index in [0.717, 1.165) is 0 Å². The van der Waals surface area contributed by atoms with Gasteiger partial charge in [0.2, 0.25) is 0 Å². The molecule has 12 heteroatoms. The lowest BCUT2D eigenvalue weighted by Crippen LogP contribution is -2.54. The molecule has 2 aromatic carbocycles. The molecular weight excluding hydrogens is 444 g/mol. The van der Waals surface area contributed by atoms with Crippen molar-refractivity contribution >= 4 is 29.1 Å². The smallest absolute Gasteiger partial charge is 0.404 e. The number of azo groups is 1. The van der Waals surface area contributed by atoms with Crippen LogP contribution in [0.3, 0.4) is 0 Å². The minimum atomic E-state index is -1.01. The van der Waals surface area contributed by atoms with Crippen LogP contribution in [0.4, 0.5) is 21.9 Å². The van der Waals surface area contributed by atoms with Gasteiger partial charge in [-0.15, -0.1) is 10.2 Å². The molecule has 5 rings (SSSR count). The fourth-order valence-electron chi connectivity index (χ4n) is 5.21. The molecule has 178 valence electrons. The molecule has 0 aromatic heterocycles. The van der Waals surface area contributed by atoms with Gasteiger partial charge in [-0.3, -0.25) is 4.79 Å². The second kappa shape index (κ2) is 7.57. The highest BCUT2D eigenvalue weighted by molar-refractivity contribution is 5.95. The van der Waals surface area contributed by atoms with Crippen molar-refractivity contribution in [2.45, 2.75) is 30.7 Å². The summed E-state index contributed by atoms with van der Waals surface area (Å²) >= 11 is 0. The molecule has 0 radical (unpaired) electrons. The normalized spacial score (nSPS) is 26.3. The summed E-state index contributed by atoms with van der Waals surface area (Å²) in [5.41, 5.74) is 11.4. The first kappa shape index (κ1) is 21.9. The summed E-state index contributed by atoms with van der Waals surface area (Å²) in [7, 11) is 1.52. The lowest BCUT2D eigenvalue weighted by atomic mass is 9.88. The number of piperazine rings is 1. The molecule has 7 N–H and O–H groups in total. The number of phenols is 2. The number of phenolic OH excluding ortho intramolecular Hbond substituents is 2. The van der Waals surface area contributed by atoms with E-state index in [-0.39, 0.29) is 52.6 Å². The molecule has 34 heavy (non-hydrogen) atoms. The van der Waals surface area contributed by atoms with Crippen molar-refractivity contribution in [2.75, 3.05) is 30.9 Å². The average Bonchev–Trinajstić information content (AvgIpc) is 3.42. The summed E-state index contributed by atoms with van der Waals surface area (Å²) in [4.78, 5) is 25.7. The summed E-state index contributed by atoms with van der Waals surface area (Å²) < 4.78 is 11.1. The molecule has 3 aliphatic rings. The van der Waals surface area contributed by atoms with E-state index in [4.69, 9.17) is 20.9 Å². The van der Waals surface area contributed by atoms with Crippen molar-refractivity contribution in [2.24, 2.45) is 16.0 Å². The number of fused-ring (bicyclic) bond motifs is 5. The van der Waals surface area contributed by atoms with Crippen LogP contribution >= 0.6 is 0 Å². The third kappa shape index (κ3) is 2.99. The van der Waals surface area contributed by atoms with Gasteiger partial charge in [0.05, 0.1) is 17.6 Å². The summed E-state index contributed by atoms with van der Waals surface area (Å²) in [6.45, 7) is 1.88. The number of amides is 2. The van der Waals surface area contributed by atoms with Crippen LogP contribution in [0.25, 0.3) is 0 Å². The first-order valence-corrected chi connectivity index (χ1v) is 10.6. The van der Waals surface area contributed by atoms with Crippen molar-refractivity contribution in [3.8, 4) is 11.5 Å². The van der Waals surface area contributed by atoms with Crippen LogP contribution < -0.4 is 21.7 Å². The number of nitrogens with zero attached hydrogens (tertiary/aromatic N) is 3. The predicted molar refractivity (Wildman–Crippen MR) is 120 cm³/mol. The van der Waals surface area contributed by atoms with Gasteiger partial charge in [-0.2, -0.15) is 0 Å². The van der Waals surface area contributed by atoms with Gasteiger partial charge in [0.15, 0.2) is 5.72 Å². The number of carbonyl (C=O) groups excluding carboxylic acids is 2. The molecule has 2 saturated heterocycles. The first-order valence-electron chi connectivity index (χ1n) is 10.6. The molecule has 3 heterocycles. The highest BCUT2D eigenvalue weighted by atomic mass is 16.6. The Bertz CT molecular complexity index is 1230. The third-order valence-corrected chi connectivity index (χ3v) is 6.84. The van der Waals surface area contributed by atoms with Crippen molar-refractivity contribution in [3.05, 3.63) is 41.0 Å². The Kier molecular flexibility index (Phi) is 4.88. The topological polar surface area (TPSA) is 195 Å². The molecule has 0 spiro atoms. The minimum Gasteiger partial charge on any atom is -0.505 e. The standard InChI is InChI=1S/C22H24N6O6/c1-9-15(26-27-20(31)10-3-5-11(23)6-4-10)18(30)14-12(8-34-21(24)32)22(33-2)19-13(25-19)7-28(22)16(14)17(9)29/h3-6,12-13,19,25,29-30H,7-8,23H2,1-2H3,(H2,24,32). The number of carbonyl (C=O) groups is 2. The van der Waals surface area contributed by atoms with Gasteiger partial charge in [-0.05, 0) is 31.2 Å². The van der Waals surface area contributed by atoms with E-state index in [2.05, 4.69) is 15.5 Å². The van der Waals surface area contributed by atoms with Gasteiger partial charge in [-0.25, -0.2) is 4.79 Å². The zero-order chi connectivity index (χ0) is 24.4. The Hall–Kier alpha value is -3.90. The maximum Gasteiger partial charge on any atom is 0.404 e. The first-order chi connectivity index (χ1) is 16.2. The number of rotatable bonds is 5. The zero-order valence-corrected chi connectivity index (χ0v) is 18.5. The molecular formula is C22H24N6O6. The number of nitrogens with one attached hydrogen (secondary N) is 1. The quantitative estimate of drug-likeness (QED) is 0.187. The van der Waals surface area contributed by atoms with Crippen molar-refractivity contribution in [3.63, 3.8) is 0 Å². The second-order valence-electron chi connectivity index (χ2n) is 8.56. The number of nitrogen functional groups attached to an aromatic ring is 1. The van der Waals surface area contributed by atoms with E-state index in [0.29, 0.717) is 17.9 Å². The van der Waals surface area contributed by atoms with Crippen molar-refractivity contribution in [1.82, 2.24) is 5.32 Å². The van der Waals surface area contributed by atoms with Gasteiger partial charge in [0.25, 0.3) is 5.91 Å². The second-order valence-corrected chi connectivity index (χ2v) is 8.56. The van der Waals surface area contributed by atoms with E-state index in [1.165, 1.54) is 19.2 Å². The van der Waals surface area contributed by atoms with Crippen LogP contribution in [0.1, 0.15) is 27.4 Å². The number of anilines is 2. The van der Waals surface area contributed by atoms with Crippen LogP contribution in [0, 0.1) is 6.92 Å². The van der Waals surface area contributed by atoms with E-state index < -0.39 is 23.6 Å². The Balaban J connectivity index is 1.59. The van der Waals surface area contributed by atoms with Gasteiger partial charge >= 0.3 is 6.09 Å². The molecule has 2 amide bonds. The van der Waals surface area contributed by atoms with E-state index >= 15 is 0 Å². The predicted octanol–water partition coefficient (Wildman–Crippen LogP) is 1.61. The average molecular weight is 468 g/mol. The van der Waals surface area contributed by atoms with Crippen LogP contribution in [0.2, 0.25) is 0 Å². The number of primary amides is 1. The minimum absolute atomic E-state index is 0.0724. The van der Waals surface area contributed by atoms with Gasteiger partial charge in [-0.1, -0.05) is 0 Å². The third-order valence-electron chi connectivity index (χ3n) is 6.84. The molecule has 2 aromatic rings. The maximum atomic E-state index is 12.5. The fraction of sp³-hybridized carbons (Fsp3) is 0.364. The number of methoxy groups -OCH3 is 1. The molecule has 3 aliphatic heterocycles. The van der Waals surface area contributed by atoms with Crippen LogP contribution in [0.15, 0.2) is 34.5 Å². The number of nitrogens with two attached hydrogens (primary N) is 2. The van der Waals surface area contributed by atoms with Gasteiger partial charge in [0.1, 0.15) is 23.8 Å². The summed E-state index contributed by atoms with van der Waals surface area (Å²) in [5.74, 6) is -1.77. The molecule has 12 nitrogen and oxygen atoms in total. The van der Waals surface area contributed by atoms with Crippen LogP contribution in [-0.4, -0.2) is 60.3 Å². The molecule has 0 aliphatic carbocycles. The van der Waals surface area contributed by atoms with E-state index in [1.54, 1.807) is 19.1 Å². The number of ether oxygens (including phenoxy) is 2. The van der Waals surface area contributed by atoms with Crippen molar-refractivity contribution < 1.29 is 29.3 Å². The Morgan fingerprint density at radius 3 is 2.62 bits per heavy atom. The molecule has 4 atom stereocenters. The Morgan fingerprint density at radius 2 is 1.97 bits per heavy atom. The summed E-state index contributed by atoms with van der Waals surface area (Å²) in [6, 6.07) is 6.16. The molecule has 2 fully saturated rings. The SMILES string of the molecule is COC12C(COC(N)=O)c3c(O)c(N=NC(=O)c4ccc(N)cc4)c(C)c(O)c3N1CC1NC12. The Morgan fingerprint density at radius 1 is 1.26 bits per heavy atom. The van der Waals surface area contributed by atoms with E-state index in [9.17, 15) is 19.8 Å². The number of benzene rings is 2. The summed E-state index contributed by atoms with van der Waals surface area (Å²) in [5, 5.41) is 33.4. The highest BCUT2D eigenvalue weighted by Crippen LogP contribution is 2.64. The lowest BCUT2D eigenvalue weighted by molar-refractivity contribution is -0.0337. The number of hydrogen-bond acceptors (Lipinski definition) is 10. The molecule has 0 bridgehead atoms. The van der Waals surface area contributed by atoms with Crippen LogP contribution in [0.5, 0.6) is 11.5 Å². The van der Waals surface area contributed by atoms with Crippen LogP contribution in [-0.2, 0) is 9.47 Å². The Labute approximate surface area is 194 Å². The van der Waals surface area contributed by atoms with Gasteiger partial charge in [0, 0.05) is 42.1 Å². The zero-order valence-electron chi connectivity index (χ0n) is 18.5. The largest absolute Gasteiger partial charge is 0.505 e. The highest BCUT2D eigenvalue weighted by Gasteiger charge is 2.71. The maximum absolute atomic E-state index is 12.5. The molecule has 0 saturated carbocycles. The number of aromatic hydroxyl groups is 2. The fourth-order valence-corrected chi connectivity index (χ4v) is 5.21. The molecule has 4 unspecified atom stereocenters. The number of hydrogen-bond donors (Lipinski definition) is 5.